The smallest absolute Gasteiger partial charge is 0.148 e. The third-order valence-electron chi connectivity index (χ3n) is 4.39. The van der Waals surface area contributed by atoms with Crippen molar-refractivity contribution in [2.45, 2.75) is 25.4 Å². The number of nitrogens with zero attached hydrogens (tertiary/aromatic N) is 4. The first-order valence-corrected chi connectivity index (χ1v) is 8.17. The largest absolute Gasteiger partial charge is 0.378 e. The number of rotatable bonds is 5. The van der Waals surface area contributed by atoms with Crippen LogP contribution in [0.4, 0.5) is 20.2 Å². The van der Waals surface area contributed by atoms with E-state index < -0.39 is 11.6 Å². The van der Waals surface area contributed by atoms with Gasteiger partial charge in [-0.05, 0) is 12.8 Å². The van der Waals surface area contributed by atoms with Crippen molar-refractivity contribution in [3.8, 4) is 0 Å². The van der Waals surface area contributed by atoms with Crippen molar-refractivity contribution in [3.63, 3.8) is 0 Å². The van der Waals surface area contributed by atoms with Gasteiger partial charge in [0.2, 0.25) is 0 Å². The molecule has 1 aliphatic carbocycles. The highest BCUT2D eigenvalue weighted by molar-refractivity contribution is 5.57. The maximum atomic E-state index is 14.4. The van der Waals surface area contributed by atoms with E-state index in [2.05, 4.69) is 15.6 Å². The summed E-state index contributed by atoms with van der Waals surface area (Å²) in [4.78, 5) is 1.80. The summed E-state index contributed by atoms with van der Waals surface area (Å²) in [6, 6.07) is 2.86. The van der Waals surface area contributed by atoms with Crippen LogP contribution in [0.25, 0.3) is 0 Å². The second-order valence-electron chi connectivity index (χ2n) is 6.14. The topological polar surface area (TPSA) is 55.2 Å². The van der Waals surface area contributed by atoms with Crippen molar-refractivity contribution >= 4 is 11.4 Å². The molecular weight excluding hydrogens is 316 g/mol. The number of hydrogen-bond acceptors (Lipinski definition) is 5. The molecule has 1 saturated carbocycles. The zero-order chi connectivity index (χ0) is 16.5. The van der Waals surface area contributed by atoms with E-state index in [1.165, 1.54) is 12.1 Å². The highest BCUT2D eigenvalue weighted by Gasteiger charge is 2.26. The number of anilines is 2. The molecule has 6 nitrogen and oxygen atoms in total. The molecule has 0 atom stereocenters. The van der Waals surface area contributed by atoms with Crippen LogP contribution in [0, 0.1) is 11.6 Å². The maximum absolute atomic E-state index is 14.4. The molecule has 1 aromatic carbocycles. The van der Waals surface area contributed by atoms with Gasteiger partial charge < -0.3 is 15.0 Å². The Labute approximate surface area is 138 Å². The zero-order valence-corrected chi connectivity index (χ0v) is 13.2. The molecule has 128 valence electrons. The molecule has 0 spiro atoms. The molecule has 24 heavy (non-hydrogen) atoms. The second kappa shape index (κ2) is 6.35. The van der Waals surface area contributed by atoms with Gasteiger partial charge in [0.15, 0.2) is 0 Å². The van der Waals surface area contributed by atoms with Gasteiger partial charge in [-0.25, -0.2) is 13.5 Å². The van der Waals surface area contributed by atoms with E-state index in [-0.39, 0.29) is 11.4 Å². The highest BCUT2D eigenvalue weighted by atomic mass is 19.1. The summed E-state index contributed by atoms with van der Waals surface area (Å²) in [6.07, 6.45) is 3.84. The average Bonchev–Trinajstić information content (AvgIpc) is 3.34. The van der Waals surface area contributed by atoms with Crippen LogP contribution in [-0.2, 0) is 11.3 Å². The molecule has 2 fully saturated rings. The van der Waals surface area contributed by atoms with Crippen LogP contribution in [0.15, 0.2) is 18.3 Å². The standard InChI is InChI=1S/C16H19F2N5O/c17-13-8-16(22-3-5-24-6-4-22)14(18)7-15(13)19-9-12-10-20-21-23(12)11-1-2-11/h7-8,10-11,19H,1-6,9H2. The minimum atomic E-state index is -0.469. The van der Waals surface area contributed by atoms with E-state index >= 15 is 0 Å². The van der Waals surface area contributed by atoms with Crippen molar-refractivity contribution in [2.24, 2.45) is 0 Å². The maximum Gasteiger partial charge on any atom is 0.148 e. The normalized spacial score (nSPS) is 18.0. The van der Waals surface area contributed by atoms with Gasteiger partial charge in [-0.1, -0.05) is 5.21 Å². The van der Waals surface area contributed by atoms with Gasteiger partial charge in [0.25, 0.3) is 0 Å². The lowest BCUT2D eigenvalue weighted by Gasteiger charge is -2.29. The van der Waals surface area contributed by atoms with Gasteiger partial charge in [-0.2, -0.15) is 0 Å². The Kier molecular flexibility index (Phi) is 4.05. The molecule has 0 bridgehead atoms. The minimum absolute atomic E-state index is 0.146. The Morgan fingerprint density at radius 3 is 2.71 bits per heavy atom. The average molecular weight is 335 g/mol. The Hall–Kier alpha value is -2.22. The molecule has 2 aliphatic rings. The first-order chi connectivity index (χ1) is 11.7. The first-order valence-electron chi connectivity index (χ1n) is 8.17. The van der Waals surface area contributed by atoms with E-state index in [1.54, 1.807) is 11.1 Å². The Bertz CT molecular complexity index is 725. The Morgan fingerprint density at radius 2 is 1.96 bits per heavy atom. The molecule has 2 aromatic rings. The molecular formula is C16H19F2N5O. The second-order valence-corrected chi connectivity index (χ2v) is 6.14. The van der Waals surface area contributed by atoms with Crippen molar-refractivity contribution in [1.82, 2.24) is 15.0 Å². The number of halogens is 2. The summed E-state index contributed by atoms with van der Waals surface area (Å²) >= 11 is 0. The summed E-state index contributed by atoms with van der Waals surface area (Å²) in [6.45, 7) is 2.54. The quantitative estimate of drug-likeness (QED) is 0.909. The van der Waals surface area contributed by atoms with E-state index in [0.717, 1.165) is 18.5 Å². The fourth-order valence-corrected chi connectivity index (χ4v) is 2.92. The fraction of sp³-hybridized carbons (Fsp3) is 0.500. The first kappa shape index (κ1) is 15.3. The zero-order valence-electron chi connectivity index (χ0n) is 13.2. The van der Waals surface area contributed by atoms with E-state index in [9.17, 15) is 8.78 Å². The van der Waals surface area contributed by atoms with Gasteiger partial charge in [0.05, 0.1) is 49.1 Å². The summed E-state index contributed by atoms with van der Waals surface area (Å²) in [7, 11) is 0. The van der Waals surface area contributed by atoms with Crippen LogP contribution < -0.4 is 10.2 Å². The molecule has 0 amide bonds. The number of aromatic nitrogens is 3. The number of hydrogen-bond donors (Lipinski definition) is 1. The van der Waals surface area contributed by atoms with E-state index in [1.807, 2.05) is 4.68 Å². The Balaban J connectivity index is 1.49. The summed E-state index contributed by atoms with van der Waals surface area (Å²) in [5, 5.41) is 10.9. The molecule has 8 heteroatoms. The third-order valence-corrected chi connectivity index (χ3v) is 4.39. The predicted molar refractivity (Wildman–Crippen MR) is 85.0 cm³/mol. The van der Waals surface area contributed by atoms with Gasteiger partial charge >= 0.3 is 0 Å². The SMILES string of the molecule is Fc1cc(N2CCOCC2)c(F)cc1NCc1cnnn1C1CC1. The van der Waals surface area contributed by atoms with Crippen LogP contribution in [0.3, 0.4) is 0 Å². The van der Waals surface area contributed by atoms with Crippen LogP contribution in [-0.4, -0.2) is 41.3 Å². The van der Waals surface area contributed by atoms with Gasteiger partial charge in [0.1, 0.15) is 11.6 Å². The molecule has 0 unspecified atom stereocenters. The molecule has 1 aromatic heterocycles. The van der Waals surface area contributed by atoms with Crippen molar-refractivity contribution < 1.29 is 13.5 Å². The predicted octanol–water partition coefficient (Wildman–Crippen LogP) is 2.34. The molecule has 1 saturated heterocycles. The summed E-state index contributed by atoms with van der Waals surface area (Å²) < 4.78 is 35.8. The third kappa shape index (κ3) is 3.06. The number of benzene rings is 1. The van der Waals surface area contributed by atoms with Crippen LogP contribution >= 0.6 is 0 Å². The molecule has 1 aliphatic heterocycles. The Morgan fingerprint density at radius 1 is 1.17 bits per heavy atom. The van der Waals surface area contributed by atoms with E-state index in [0.29, 0.717) is 38.9 Å². The number of morpholine rings is 1. The molecule has 1 N–H and O–H groups in total. The fourth-order valence-electron chi connectivity index (χ4n) is 2.92. The van der Waals surface area contributed by atoms with Crippen molar-refractivity contribution in [2.75, 3.05) is 36.5 Å². The lowest BCUT2D eigenvalue weighted by atomic mass is 10.2. The van der Waals surface area contributed by atoms with Crippen LogP contribution in [0.2, 0.25) is 0 Å². The number of ether oxygens (including phenoxy) is 1. The molecule has 2 heterocycles. The summed E-state index contributed by atoms with van der Waals surface area (Å²) in [5.41, 5.74) is 1.30. The highest BCUT2D eigenvalue weighted by Crippen LogP contribution is 2.35. The van der Waals surface area contributed by atoms with E-state index in [4.69, 9.17) is 4.74 Å². The van der Waals surface area contributed by atoms with Gasteiger partial charge in [-0.15, -0.1) is 5.10 Å². The van der Waals surface area contributed by atoms with Crippen LogP contribution in [0.1, 0.15) is 24.6 Å². The van der Waals surface area contributed by atoms with Crippen molar-refractivity contribution in [3.05, 3.63) is 35.7 Å². The lowest BCUT2D eigenvalue weighted by Crippen LogP contribution is -2.36. The summed E-state index contributed by atoms with van der Waals surface area (Å²) in [5.74, 6) is -0.905. The molecule has 4 rings (SSSR count). The van der Waals surface area contributed by atoms with Crippen LogP contribution in [0.5, 0.6) is 0 Å². The minimum Gasteiger partial charge on any atom is -0.378 e. The number of nitrogens with one attached hydrogen (secondary N) is 1. The molecule has 0 radical (unpaired) electrons. The lowest BCUT2D eigenvalue weighted by molar-refractivity contribution is 0.122. The van der Waals surface area contributed by atoms with Crippen molar-refractivity contribution in [1.29, 1.82) is 0 Å². The van der Waals surface area contributed by atoms with Gasteiger partial charge in [0, 0.05) is 25.2 Å². The van der Waals surface area contributed by atoms with Gasteiger partial charge in [-0.3, -0.25) is 0 Å². The monoisotopic (exact) mass is 335 g/mol.